The van der Waals surface area contributed by atoms with E-state index in [2.05, 4.69) is 4.98 Å². The van der Waals surface area contributed by atoms with Gasteiger partial charge in [0.15, 0.2) is 0 Å². The monoisotopic (exact) mass is 265 g/mol. The highest BCUT2D eigenvalue weighted by molar-refractivity contribution is 5.47. The van der Waals surface area contributed by atoms with Gasteiger partial charge in [0.05, 0.1) is 4.92 Å². The quantitative estimate of drug-likeness (QED) is 0.665. The van der Waals surface area contributed by atoms with Gasteiger partial charge in [-0.05, 0) is 38.8 Å². The first-order chi connectivity index (χ1) is 9.13. The molecular formula is C13H19N3O3. The number of hydrogen-bond acceptors (Lipinski definition) is 5. The second-order valence-corrected chi connectivity index (χ2v) is 4.98. The Morgan fingerprint density at radius 3 is 2.95 bits per heavy atom. The fraction of sp³-hybridized carbons (Fsp3) is 0.615. The maximum atomic E-state index is 11.1. The highest BCUT2D eigenvalue weighted by Crippen LogP contribution is 2.33. The van der Waals surface area contributed by atoms with Crippen molar-refractivity contribution in [3.63, 3.8) is 0 Å². The van der Waals surface area contributed by atoms with Crippen molar-refractivity contribution in [3.05, 3.63) is 27.9 Å². The number of rotatable bonds is 4. The number of aryl methyl sites for hydroxylation is 1. The molecule has 1 aromatic heterocycles. The lowest BCUT2D eigenvalue weighted by Crippen LogP contribution is -2.35. The molecule has 0 spiro atoms. The summed E-state index contributed by atoms with van der Waals surface area (Å²) in [5.74, 6) is 0.381. The predicted octanol–water partition coefficient (Wildman–Crippen LogP) is 2.19. The lowest BCUT2D eigenvalue weighted by Gasteiger charge is -2.30. The second kappa shape index (κ2) is 5.97. The largest absolute Gasteiger partial charge is 0.469 e. The standard InChI is InChI=1S/C13H19N3O3/c1-9-6-7-15-13(12(9)16(17)18)19-11-5-3-2-4-10(11)8-14/h6-7,10-11H,2-5,8,14H2,1H3. The van der Waals surface area contributed by atoms with Gasteiger partial charge in [0.1, 0.15) is 6.10 Å². The first kappa shape index (κ1) is 13.7. The van der Waals surface area contributed by atoms with E-state index >= 15 is 0 Å². The first-order valence-electron chi connectivity index (χ1n) is 6.60. The molecule has 19 heavy (non-hydrogen) atoms. The van der Waals surface area contributed by atoms with Crippen LogP contribution in [0.4, 0.5) is 5.69 Å². The van der Waals surface area contributed by atoms with Crippen molar-refractivity contribution in [1.82, 2.24) is 4.98 Å². The third-order valence-corrected chi connectivity index (χ3v) is 3.68. The summed E-state index contributed by atoms with van der Waals surface area (Å²) in [5.41, 5.74) is 6.27. The molecule has 1 saturated carbocycles. The van der Waals surface area contributed by atoms with E-state index < -0.39 is 4.92 Å². The molecule has 1 fully saturated rings. The maximum Gasteiger partial charge on any atom is 0.333 e. The summed E-state index contributed by atoms with van der Waals surface area (Å²) in [6.45, 7) is 2.23. The maximum absolute atomic E-state index is 11.1. The topological polar surface area (TPSA) is 91.3 Å². The third-order valence-electron chi connectivity index (χ3n) is 3.68. The van der Waals surface area contributed by atoms with Crippen LogP contribution in [0.25, 0.3) is 0 Å². The Morgan fingerprint density at radius 1 is 1.53 bits per heavy atom. The Bertz CT molecular complexity index is 464. The Hall–Kier alpha value is -1.69. The van der Waals surface area contributed by atoms with Crippen LogP contribution in [-0.2, 0) is 0 Å². The van der Waals surface area contributed by atoms with E-state index in [1.165, 1.54) is 6.20 Å². The van der Waals surface area contributed by atoms with Crippen molar-refractivity contribution in [1.29, 1.82) is 0 Å². The van der Waals surface area contributed by atoms with Gasteiger partial charge in [0.25, 0.3) is 5.88 Å². The smallest absolute Gasteiger partial charge is 0.333 e. The number of ether oxygens (including phenoxy) is 1. The highest BCUT2D eigenvalue weighted by Gasteiger charge is 2.29. The first-order valence-corrected chi connectivity index (χ1v) is 6.60. The molecule has 0 amide bonds. The number of nitrogens with zero attached hydrogens (tertiary/aromatic N) is 2. The molecule has 6 heteroatoms. The van der Waals surface area contributed by atoms with Crippen LogP contribution in [0.1, 0.15) is 31.2 Å². The normalized spacial score (nSPS) is 23.1. The Labute approximate surface area is 112 Å². The van der Waals surface area contributed by atoms with Crippen molar-refractivity contribution < 1.29 is 9.66 Å². The average Bonchev–Trinajstić information content (AvgIpc) is 2.39. The fourth-order valence-corrected chi connectivity index (χ4v) is 2.58. The molecule has 1 aromatic rings. The molecule has 2 rings (SSSR count). The molecule has 0 bridgehead atoms. The zero-order valence-electron chi connectivity index (χ0n) is 11.0. The minimum Gasteiger partial charge on any atom is -0.469 e. The van der Waals surface area contributed by atoms with Crippen LogP contribution in [-0.4, -0.2) is 22.6 Å². The molecule has 0 aromatic carbocycles. The van der Waals surface area contributed by atoms with Crippen LogP contribution in [0.5, 0.6) is 5.88 Å². The SMILES string of the molecule is Cc1ccnc(OC2CCCCC2CN)c1[N+](=O)[O-]. The van der Waals surface area contributed by atoms with Crippen molar-refractivity contribution in [2.24, 2.45) is 11.7 Å². The Kier molecular flexibility index (Phi) is 4.31. The Morgan fingerprint density at radius 2 is 2.26 bits per heavy atom. The summed E-state index contributed by atoms with van der Waals surface area (Å²) in [4.78, 5) is 14.7. The van der Waals surface area contributed by atoms with Crippen molar-refractivity contribution >= 4 is 5.69 Å². The number of nitro groups is 1. The molecule has 2 N–H and O–H groups in total. The zero-order valence-corrected chi connectivity index (χ0v) is 11.0. The Balaban J connectivity index is 2.22. The van der Waals surface area contributed by atoms with Crippen LogP contribution in [0.2, 0.25) is 0 Å². The van der Waals surface area contributed by atoms with Gasteiger partial charge in [-0.2, -0.15) is 0 Å². The zero-order chi connectivity index (χ0) is 13.8. The van der Waals surface area contributed by atoms with Crippen LogP contribution in [0.3, 0.4) is 0 Å². The van der Waals surface area contributed by atoms with Gasteiger partial charge in [-0.25, -0.2) is 4.98 Å². The van der Waals surface area contributed by atoms with Crippen LogP contribution >= 0.6 is 0 Å². The van der Waals surface area contributed by atoms with E-state index in [0.29, 0.717) is 12.1 Å². The summed E-state index contributed by atoms with van der Waals surface area (Å²) in [6, 6.07) is 1.62. The van der Waals surface area contributed by atoms with E-state index in [9.17, 15) is 10.1 Å². The van der Waals surface area contributed by atoms with Gasteiger partial charge in [-0.1, -0.05) is 6.42 Å². The molecule has 1 aliphatic carbocycles. The van der Waals surface area contributed by atoms with Gasteiger partial charge in [0, 0.05) is 17.7 Å². The summed E-state index contributed by atoms with van der Waals surface area (Å²) < 4.78 is 5.80. The van der Waals surface area contributed by atoms with Gasteiger partial charge in [-0.15, -0.1) is 0 Å². The number of pyridine rings is 1. The van der Waals surface area contributed by atoms with E-state index in [1.807, 2.05) is 0 Å². The molecule has 0 saturated heterocycles. The number of aromatic nitrogens is 1. The van der Waals surface area contributed by atoms with Gasteiger partial charge >= 0.3 is 5.69 Å². The molecule has 2 unspecified atom stereocenters. The van der Waals surface area contributed by atoms with Gasteiger partial charge < -0.3 is 10.5 Å². The molecule has 6 nitrogen and oxygen atoms in total. The van der Waals surface area contributed by atoms with Gasteiger partial charge in [0.2, 0.25) is 0 Å². The molecular weight excluding hydrogens is 246 g/mol. The molecule has 1 aliphatic rings. The van der Waals surface area contributed by atoms with E-state index in [1.54, 1.807) is 13.0 Å². The minimum atomic E-state index is -0.433. The lowest BCUT2D eigenvalue weighted by atomic mass is 9.86. The van der Waals surface area contributed by atoms with Gasteiger partial charge in [-0.3, -0.25) is 10.1 Å². The van der Waals surface area contributed by atoms with E-state index in [0.717, 1.165) is 25.7 Å². The third kappa shape index (κ3) is 3.01. The predicted molar refractivity (Wildman–Crippen MR) is 71.1 cm³/mol. The summed E-state index contributed by atoms with van der Waals surface area (Å²) in [6.07, 6.45) is 5.59. The highest BCUT2D eigenvalue weighted by atomic mass is 16.6. The van der Waals surface area contributed by atoms with Crippen LogP contribution in [0, 0.1) is 23.0 Å². The number of nitrogens with two attached hydrogens (primary N) is 1. The van der Waals surface area contributed by atoms with Crippen LogP contribution < -0.4 is 10.5 Å². The summed E-state index contributed by atoms with van der Waals surface area (Å²) >= 11 is 0. The molecule has 1 heterocycles. The summed E-state index contributed by atoms with van der Waals surface area (Å²) in [7, 11) is 0. The molecule has 2 atom stereocenters. The molecule has 0 radical (unpaired) electrons. The number of hydrogen-bond donors (Lipinski definition) is 1. The van der Waals surface area contributed by atoms with E-state index in [-0.39, 0.29) is 23.6 Å². The average molecular weight is 265 g/mol. The molecule has 0 aliphatic heterocycles. The van der Waals surface area contributed by atoms with E-state index in [4.69, 9.17) is 10.5 Å². The molecule has 104 valence electrons. The fourth-order valence-electron chi connectivity index (χ4n) is 2.58. The minimum absolute atomic E-state index is 0.0381. The summed E-state index contributed by atoms with van der Waals surface area (Å²) in [5, 5.41) is 11.1. The second-order valence-electron chi connectivity index (χ2n) is 4.98. The van der Waals surface area contributed by atoms with Crippen molar-refractivity contribution in [2.75, 3.05) is 6.54 Å². The van der Waals surface area contributed by atoms with Crippen molar-refractivity contribution in [3.8, 4) is 5.88 Å². The lowest BCUT2D eigenvalue weighted by molar-refractivity contribution is -0.387. The van der Waals surface area contributed by atoms with Crippen LogP contribution in [0.15, 0.2) is 12.3 Å². The van der Waals surface area contributed by atoms with Crippen molar-refractivity contribution in [2.45, 2.75) is 38.7 Å².